The van der Waals surface area contributed by atoms with Crippen LogP contribution in [0.2, 0.25) is 0 Å². The minimum Gasteiger partial charge on any atom is -0.318 e. The van der Waals surface area contributed by atoms with Crippen molar-refractivity contribution in [3.05, 3.63) is 17.0 Å². The highest BCUT2D eigenvalue weighted by atomic mass is 32.1. The molecule has 1 fully saturated rings. The van der Waals surface area contributed by atoms with Gasteiger partial charge >= 0.3 is 0 Å². The molecule has 0 aromatic carbocycles. The van der Waals surface area contributed by atoms with Crippen molar-refractivity contribution in [3.63, 3.8) is 0 Å². The number of carbonyl (C=O) groups is 1. The van der Waals surface area contributed by atoms with E-state index in [0.717, 1.165) is 17.5 Å². The van der Waals surface area contributed by atoms with Gasteiger partial charge in [0.2, 0.25) is 5.91 Å². The summed E-state index contributed by atoms with van der Waals surface area (Å²) in [5, 5.41) is 7.32. The zero-order chi connectivity index (χ0) is 11.5. The molecule has 1 amide bonds. The summed E-state index contributed by atoms with van der Waals surface area (Å²) >= 11 is 1.67. The fourth-order valence-corrected chi connectivity index (χ4v) is 3.09. The van der Waals surface area contributed by atoms with E-state index in [1.54, 1.807) is 18.3 Å². The number of hydrogen-bond acceptors (Lipinski definition) is 3. The first-order valence-corrected chi connectivity index (χ1v) is 6.57. The minimum absolute atomic E-state index is 0.00127. The Kier molecular flexibility index (Phi) is 3.61. The maximum Gasteiger partial charge on any atom is 0.221 e. The number of piperidine rings is 1. The second kappa shape index (κ2) is 4.97. The lowest BCUT2D eigenvalue weighted by Crippen LogP contribution is -2.31. The van der Waals surface area contributed by atoms with Crippen LogP contribution in [0.3, 0.4) is 0 Å². The molecule has 0 aliphatic carbocycles. The zero-order valence-corrected chi connectivity index (χ0v) is 10.6. The third kappa shape index (κ3) is 2.83. The summed E-state index contributed by atoms with van der Waals surface area (Å²) in [6.07, 6.45) is 2.48. The van der Waals surface area contributed by atoms with E-state index in [-0.39, 0.29) is 5.91 Å². The molecule has 1 saturated heterocycles. The molecular formula is C12H18N2OS. The van der Waals surface area contributed by atoms with Crippen molar-refractivity contribution in [1.82, 2.24) is 5.32 Å². The Labute approximate surface area is 100 Å². The van der Waals surface area contributed by atoms with Crippen LogP contribution in [-0.4, -0.2) is 12.5 Å². The topological polar surface area (TPSA) is 41.1 Å². The highest BCUT2D eigenvalue weighted by molar-refractivity contribution is 7.16. The maximum absolute atomic E-state index is 10.9. The lowest BCUT2D eigenvalue weighted by atomic mass is 9.96. The molecule has 88 valence electrons. The Bertz CT molecular complexity index is 367. The lowest BCUT2D eigenvalue weighted by Gasteiger charge is -2.26. The van der Waals surface area contributed by atoms with Crippen LogP contribution in [0.5, 0.6) is 0 Å². The molecule has 3 nitrogen and oxygen atoms in total. The van der Waals surface area contributed by atoms with Gasteiger partial charge < -0.3 is 10.6 Å². The molecule has 16 heavy (non-hydrogen) atoms. The maximum atomic E-state index is 10.9. The summed E-state index contributed by atoms with van der Waals surface area (Å²) in [5.74, 6) is 0.782. The summed E-state index contributed by atoms with van der Waals surface area (Å²) < 4.78 is 0. The number of nitrogens with one attached hydrogen (secondary N) is 2. The Morgan fingerprint density at radius 3 is 2.94 bits per heavy atom. The number of thiophene rings is 1. The average Bonchev–Trinajstić information content (AvgIpc) is 2.66. The Morgan fingerprint density at radius 2 is 2.31 bits per heavy atom. The van der Waals surface area contributed by atoms with E-state index in [9.17, 15) is 4.79 Å². The van der Waals surface area contributed by atoms with Gasteiger partial charge in [-0.15, -0.1) is 11.3 Å². The van der Waals surface area contributed by atoms with E-state index in [4.69, 9.17) is 0 Å². The summed E-state index contributed by atoms with van der Waals surface area (Å²) in [4.78, 5) is 12.3. The summed E-state index contributed by atoms with van der Waals surface area (Å²) in [6.45, 7) is 4.92. The highest BCUT2D eigenvalue weighted by Crippen LogP contribution is 2.32. The largest absolute Gasteiger partial charge is 0.318 e. The molecule has 1 aliphatic heterocycles. The molecule has 0 bridgehead atoms. The third-order valence-corrected chi connectivity index (χ3v) is 4.04. The van der Waals surface area contributed by atoms with E-state index in [1.807, 2.05) is 6.07 Å². The predicted octanol–water partition coefficient (Wildman–Crippen LogP) is 2.77. The number of rotatable bonds is 2. The molecule has 1 aliphatic rings. The zero-order valence-electron chi connectivity index (χ0n) is 9.75. The van der Waals surface area contributed by atoms with Gasteiger partial charge in [0.25, 0.3) is 0 Å². The Balaban J connectivity index is 1.99. The fourth-order valence-electron chi connectivity index (χ4n) is 2.02. The van der Waals surface area contributed by atoms with Crippen molar-refractivity contribution in [2.24, 2.45) is 5.92 Å². The number of anilines is 1. The van der Waals surface area contributed by atoms with Crippen molar-refractivity contribution < 1.29 is 4.79 Å². The summed E-state index contributed by atoms with van der Waals surface area (Å²) in [7, 11) is 0. The van der Waals surface area contributed by atoms with Gasteiger partial charge in [0.05, 0.1) is 5.00 Å². The van der Waals surface area contributed by atoms with Crippen LogP contribution in [0.4, 0.5) is 5.00 Å². The van der Waals surface area contributed by atoms with Crippen LogP contribution in [0.15, 0.2) is 12.1 Å². The molecule has 4 heteroatoms. The van der Waals surface area contributed by atoms with Gasteiger partial charge in [-0.05, 0) is 37.4 Å². The second-order valence-electron chi connectivity index (χ2n) is 4.53. The lowest BCUT2D eigenvalue weighted by molar-refractivity contribution is -0.114. The standard InChI is InChI=1S/C12H18N2OS/c1-8-3-4-10(13-7-8)11-5-6-12(16-11)14-9(2)15/h5-6,8,10,13H,3-4,7H2,1-2H3,(H,14,15). The molecule has 2 heterocycles. The molecule has 2 rings (SSSR count). The first-order valence-electron chi connectivity index (χ1n) is 5.76. The molecule has 0 saturated carbocycles. The Morgan fingerprint density at radius 1 is 1.50 bits per heavy atom. The Hall–Kier alpha value is -0.870. The summed E-state index contributed by atoms with van der Waals surface area (Å²) in [6, 6.07) is 4.58. The van der Waals surface area contributed by atoms with E-state index < -0.39 is 0 Å². The monoisotopic (exact) mass is 238 g/mol. The van der Waals surface area contributed by atoms with Gasteiger partial charge in [-0.2, -0.15) is 0 Å². The highest BCUT2D eigenvalue weighted by Gasteiger charge is 2.20. The molecule has 0 spiro atoms. The van der Waals surface area contributed by atoms with Crippen LogP contribution in [0, 0.1) is 5.92 Å². The van der Waals surface area contributed by atoms with E-state index in [1.165, 1.54) is 17.7 Å². The normalized spacial score (nSPS) is 25.4. The first kappa shape index (κ1) is 11.6. The molecular weight excluding hydrogens is 220 g/mol. The number of amides is 1. The minimum atomic E-state index is -0.00127. The average molecular weight is 238 g/mol. The van der Waals surface area contributed by atoms with E-state index in [2.05, 4.69) is 23.6 Å². The SMILES string of the molecule is CC(=O)Nc1ccc(C2CCC(C)CN2)s1. The smallest absolute Gasteiger partial charge is 0.221 e. The van der Waals surface area contributed by atoms with Gasteiger partial charge in [-0.25, -0.2) is 0 Å². The van der Waals surface area contributed by atoms with Crippen molar-refractivity contribution in [2.75, 3.05) is 11.9 Å². The summed E-state index contributed by atoms with van der Waals surface area (Å²) in [5.41, 5.74) is 0. The fraction of sp³-hybridized carbons (Fsp3) is 0.583. The molecule has 1 aromatic rings. The van der Waals surface area contributed by atoms with Crippen molar-refractivity contribution in [3.8, 4) is 0 Å². The molecule has 2 atom stereocenters. The van der Waals surface area contributed by atoms with Crippen LogP contribution in [-0.2, 0) is 4.79 Å². The predicted molar refractivity (Wildman–Crippen MR) is 67.8 cm³/mol. The third-order valence-electron chi connectivity index (χ3n) is 2.93. The van der Waals surface area contributed by atoms with E-state index >= 15 is 0 Å². The van der Waals surface area contributed by atoms with Crippen LogP contribution in [0.1, 0.15) is 37.6 Å². The number of carbonyl (C=O) groups excluding carboxylic acids is 1. The van der Waals surface area contributed by atoms with Gasteiger partial charge in [0.15, 0.2) is 0 Å². The van der Waals surface area contributed by atoms with Crippen LogP contribution in [0.25, 0.3) is 0 Å². The van der Waals surface area contributed by atoms with Gasteiger partial charge in [-0.1, -0.05) is 6.92 Å². The van der Waals surface area contributed by atoms with Gasteiger partial charge in [0.1, 0.15) is 0 Å². The van der Waals surface area contributed by atoms with Crippen LogP contribution >= 0.6 is 11.3 Å². The van der Waals surface area contributed by atoms with Crippen molar-refractivity contribution >= 4 is 22.2 Å². The van der Waals surface area contributed by atoms with Crippen molar-refractivity contribution in [1.29, 1.82) is 0 Å². The quantitative estimate of drug-likeness (QED) is 0.832. The first-order chi connectivity index (χ1) is 7.65. The molecule has 0 radical (unpaired) electrons. The molecule has 1 aromatic heterocycles. The molecule has 2 unspecified atom stereocenters. The van der Waals surface area contributed by atoms with E-state index in [0.29, 0.717) is 6.04 Å². The molecule has 2 N–H and O–H groups in total. The van der Waals surface area contributed by atoms with Gasteiger partial charge in [0, 0.05) is 17.8 Å². The number of hydrogen-bond donors (Lipinski definition) is 2. The van der Waals surface area contributed by atoms with Crippen molar-refractivity contribution in [2.45, 2.75) is 32.7 Å². The second-order valence-corrected chi connectivity index (χ2v) is 5.64. The van der Waals surface area contributed by atoms with Gasteiger partial charge in [-0.3, -0.25) is 4.79 Å². The van der Waals surface area contributed by atoms with Crippen LogP contribution < -0.4 is 10.6 Å².